The van der Waals surface area contributed by atoms with E-state index in [9.17, 15) is 4.79 Å². The molecule has 1 fully saturated rings. The molecule has 29 heavy (non-hydrogen) atoms. The van der Waals surface area contributed by atoms with Gasteiger partial charge in [0.05, 0.1) is 4.91 Å². The molecule has 0 unspecified atom stereocenters. The number of carbonyl (C=O) groups excluding carboxylic acids is 1. The Morgan fingerprint density at radius 3 is 2.72 bits per heavy atom. The van der Waals surface area contributed by atoms with Crippen molar-refractivity contribution in [2.75, 3.05) is 6.54 Å². The van der Waals surface area contributed by atoms with Gasteiger partial charge in [0.2, 0.25) is 0 Å². The zero-order valence-electron chi connectivity index (χ0n) is 15.7. The van der Waals surface area contributed by atoms with Crippen molar-refractivity contribution in [2.45, 2.75) is 6.61 Å². The summed E-state index contributed by atoms with van der Waals surface area (Å²) in [6.07, 6.45) is 3.53. The number of thiocarbonyl (C=S) groups is 1. The topological polar surface area (TPSA) is 29.5 Å². The van der Waals surface area contributed by atoms with E-state index in [1.807, 2.05) is 48.5 Å². The van der Waals surface area contributed by atoms with Crippen LogP contribution in [0.25, 0.3) is 16.8 Å². The summed E-state index contributed by atoms with van der Waals surface area (Å²) in [5.41, 5.74) is 2.04. The fourth-order valence-electron chi connectivity index (χ4n) is 3.21. The van der Waals surface area contributed by atoms with Crippen LogP contribution in [0.3, 0.4) is 0 Å². The van der Waals surface area contributed by atoms with Crippen molar-refractivity contribution >= 4 is 51.1 Å². The molecule has 5 heteroatoms. The summed E-state index contributed by atoms with van der Waals surface area (Å²) in [6, 6.07) is 22.2. The summed E-state index contributed by atoms with van der Waals surface area (Å²) in [5, 5.41) is 2.39. The molecule has 3 nitrogen and oxygen atoms in total. The smallest absolute Gasteiger partial charge is 0.266 e. The number of carbonyl (C=O) groups is 1. The zero-order valence-corrected chi connectivity index (χ0v) is 17.3. The van der Waals surface area contributed by atoms with Crippen LogP contribution in [0.15, 0.2) is 84.3 Å². The Hall–Kier alpha value is -2.89. The third-order valence-electron chi connectivity index (χ3n) is 4.62. The highest BCUT2D eigenvalue weighted by Gasteiger charge is 2.30. The number of benzene rings is 3. The molecule has 3 aromatic rings. The van der Waals surface area contributed by atoms with Crippen LogP contribution in [0.5, 0.6) is 5.75 Å². The summed E-state index contributed by atoms with van der Waals surface area (Å²) in [5.74, 6) is 0.676. The predicted molar refractivity (Wildman–Crippen MR) is 125 cm³/mol. The van der Waals surface area contributed by atoms with E-state index in [0.717, 1.165) is 16.9 Å². The highest BCUT2D eigenvalue weighted by atomic mass is 32.2. The van der Waals surface area contributed by atoms with Crippen LogP contribution in [-0.4, -0.2) is 21.7 Å². The number of hydrogen-bond acceptors (Lipinski definition) is 4. The first kappa shape index (κ1) is 19.4. The van der Waals surface area contributed by atoms with E-state index in [-0.39, 0.29) is 5.91 Å². The molecule has 1 amide bonds. The van der Waals surface area contributed by atoms with Gasteiger partial charge >= 0.3 is 0 Å². The van der Waals surface area contributed by atoms with Crippen molar-refractivity contribution < 1.29 is 9.53 Å². The first-order valence-corrected chi connectivity index (χ1v) is 10.4. The molecule has 3 aromatic carbocycles. The fourth-order valence-corrected chi connectivity index (χ4v) is 4.49. The fraction of sp³-hybridized carbons (Fsp3) is 0.0833. The van der Waals surface area contributed by atoms with Crippen LogP contribution in [0.2, 0.25) is 0 Å². The number of thioether (sulfide) groups is 1. The lowest BCUT2D eigenvalue weighted by molar-refractivity contribution is -0.121. The Morgan fingerprint density at radius 2 is 1.86 bits per heavy atom. The number of hydrogen-bond donors (Lipinski definition) is 0. The lowest BCUT2D eigenvalue weighted by Gasteiger charge is -2.10. The quantitative estimate of drug-likeness (QED) is 0.288. The molecule has 0 saturated carbocycles. The van der Waals surface area contributed by atoms with E-state index in [1.165, 1.54) is 22.5 Å². The summed E-state index contributed by atoms with van der Waals surface area (Å²) in [7, 11) is 0. The number of amides is 1. The first-order chi connectivity index (χ1) is 14.2. The number of fused-ring (bicyclic) bond motifs is 1. The molecule has 0 spiro atoms. The monoisotopic (exact) mass is 417 g/mol. The molecule has 1 saturated heterocycles. The van der Waals surface area contributed by atoms with Crippen LogP contribution >= 0.6 is 24.0 Å². The van der Waals surface area contributed by atoms with Gasteiger partial charge in [-0.15, -0.1) is 6.58 Å². The van der Waals surface area contributed by atoms with Gasteiger partial charge in [-0.1, -0.05) is 84.7 Å². The van der Waals surface area contributed by atoms with E-state index in [1.54, 1.807) is 11.0 Å². The SMILES string of the molecule is C=CCN1C(=O)C(=Cc2cccc(OCc3cccc4ccccc34)c2)SC1=S. The molecule has 0 bridgehead atoms. The van der Waals surface area contributed by atoms with Gasteiger partial charge in [0, 0.05) is 6.54 Å². The van der Waals surface area contributed by atoms with Crippen molar-refractivity contribution in [1.29, 1.82) is 0 Å². The number of nitrogens with zero attached hydrogens (tertiary/aromatic N) is 1. The Labute approximate surface area is 179 Å². The summed E-state index contributed by atoms with van der Waals surface area (Å²) >= 11 is 6.61. The minimum absolute atomic E-state index is 0.0815. The third kappa shape index (κ3) is 4.26. The molecule has 144 valence electrons. The molecule has 1 heterocycles. The maximum absolute atomic E-state index is 12.5. The van der Waals surface area contributed by atoms with Crippen LogP contribution in [0, 0.1) is 0 Å². The van der Waals surface area contributed by atoms with Gasteiger partial charge in [-0.05, 0) is 40.1 Å². The van der Waals surface area contributed by atoms with Gasteiger partial charge in [0.1, 0.15) is 16.7 Å². The standard InChI is InChI=1S/C24H19NO2S2/c1-2-13-25-23(26)22(29-24(25)28)15-17-7-5-11-20(14-17)27-16-19-10-6-9-18-8-3-4-12-21(18)19/h2-12,14-15H,1,13,16H2. The van der Waals surface area contributed by atoms with E-state index < -0.39 is 0 Å². The van der Waals surface area contributed by atoms with E-state index >= 15 is 0 Å². The average Bonchev–Trinajstić information content (AvgIpc) is 3.00. The molecule has 4 rings (SSSR count). The van der Waals surface area contributed by atoms with E-state index in [2.05, 4.69) is 30.8 Å². The van der Waals surface area contributed by atoms with Crippen molar-refractivity contribution in [3.05, 3.63) is 95.4 Å². The Kier molecular flexibility index (Phi) is 5.79. The highest BCUT2D eigenvalue weighted by molar-refractivity contribution is 8.26. The average molecular weight is 418 g/mol. The third-order valence-corrected chi connectivity index (χ3v) is 5.99. The van der Waals surface area contributed by atoms with Gasteiger partial charge in [-0.2, -0.15) is 0 Å². The first-order valence-electron chi connectivity index (χ1n) is 9.21. The number of rotatable bonds is 6. The molecule has 0 aliphatic carbocycles. The van der Waals surface area contributed by atoms with Crippen LogP contribution in [0.4, 0.5) is 0 Å². The molecule has 0 radical (unpaired) electrons. The van der Waals surface area contributed by atoms with Gasteiger partial charge < -0.3 is 4.74 Å². The molecule has 1 aliphatic heterocycles. The second-order valence-electron chi connectivity index (χ2n) is 6.58. The van der Waals surface area contributed by atoms with E-state index in [0.29, 0.717) is 22.4 Å². The molecule has 0 N–H and O–H groups in total. The maximum Gasteiger partial charge on any atom is 0.266 e. The Bertz CT molecular complexity index is 1130. The number of ether oxygens (including phenoxy) is 1. The van der Waals surface area contributed by atoms with E-state index in [4.69, 9.17) is 17.0 Å². The summed E-state index contributed by atoms with van der Waals surface area (Å²) < 4.78 is 6.60. The predicted octanol–water partition coefficient (Wildman–Crippen LogP) is 5.81. The molecular formula is C24H19NO2S2. The van der Waals surface area contributed by atoms with Gasteiger partial charge in [0.25, 0.3) is 5.91 Å². The molecule has 0 atom stereocenters. The second kappa shape index (κ2) is 8.64. The maximum atomic E-state index is 12.5. The molecule has 0 aromatic heterocycles. The van der Waals surface area contributed by atoms with Crippen LogP contribution < -0.4 is 4.74 Å². The Balaban J connectivity index is 1.51. The van der Waals surface area contributed by atoms with Crippen molar-refractivity contribution in [1.82, 2.24) is 4.90 Å². The largest absolute Gasteiger partial charge is 0.489 e. The second-order valence-corrected chi connectivity index (χ2v) is 8.26. The van der Waals surface area contributed by atoms with Crippen molar-refractivity contribution in [2.24, 2.45) is 0 Å². The minimum atomic E-state index is -0.0815. The zero-order chi connectivity index (χ0) is 20.2. The lowest BCUT2D eigenvalue weighted by atomic mass is 10.1. The van der Waals surface area contributed by atoms with Gasteiger partial charge in [-0.3, -0.25) is 9.69 Å². The Morgan fingerprint density at radius 1 is 1.07 bits per heavy atom. The molecular weight excluding hydrogens is 398 g/mol. The lowest BCUT2D eigenvalue weighted by Crippen LogP contribution is -2.27. The molecule has 1 aliphatic rings. The van der Waals surface area contributed by atoms with Crippen molar-refractivity contribution in [3.8, 4) is 5.75 Å². The van der Waals surface area contributed by atoms with Crippen LogP contribution in [-0.2, 0) is 11.4 Å². The normalized spacial score (nSPS) is 15.3. The van der Waals surface area contributed by atoms with Gasteiger partial charge in [-0.25, -0.2) is 0 Å². The summed E-state index contributed by atoms with van der Waals surface area (Å²) in [6.45, 7) is 4.58. The van der Waals surface area contributed by atoms with Gasteiger partial charge in [0.15, 0.2) is 0 Å². The van der Waals surface area contributed by atoms with Crippen LogP contribution in [0.1, 0.15) is 11.1 Å². The minimum Gasteiger partial charge on any atom is -0.489 e. The van der Waals surface area contributed by atoms with Crippen molar-refractivity contribution in [3.63, 3.8) is 0 Å². The summed E-state index contributed by atoms with van der Waals surface area (Å²) in [4.78, 5) is 14.7. The highest BCUT2D eigenvalue weighted by Crippen LogP contribution is 2.33.